The maximum atomic E-state index is 13.8. The molecule has 12 heteroatoms. The van der Waals surface area contributed by atoms with E-state index in [1.54, 1.807) is 62.8 Å². The number of ether oxygens (including phenoxy) is 3. The molecule has 0 saturated carbocycles. The fourth-order valence-corrected chi connectivity index (χ4v) is 7.22. The zero-order chi connectivity index (χ0) is 39.3. The van der Waals surface area contributed by atoms with E-state index in [1.807, 2.05) is 97.2 Å². The molecule has 0 aliphatic rings. The number of thiazole rings is 1. The van der Waals surface area contributed by atoms with Crippen molar-refractivity contribution in [1.82, 2.24) is 10.3 Å². The summed E-state index contributed by atoms with van der Waals surface area (Å²) in [6.45, 7) is 2.36. The second kappa shape index (κ2) is 19.3. The van der Waals surface area contributed by atoms with Crippen molar-refractivity contribution in [1.29, 1.82) is 0 Å². The van der Waals surface area contributed by atoms with Gasteiger partial charge in [0.2, 0.25) is 5.91 Å². The molecule has 1 aromatic heterocycles. The molecular formula is C44H40N4O6S2. The molecule has 1 unspecified atom stereocenters. The van der Waals surface area contributed by atoms with Gasteiger partial charge in [0, 0.05) is 27.1 Å². The van der Waals surface area contributed by atoms with Crippen molar-refractivity contribution in [3.63, 3.8) is 0 Å². The summed E-state index contributed by atoms with van der Waals surface area (Å²) < 4.78 is 16.7. The average molecular weight is 785 g/mol. The number of benzene rings is 5. The molecule has 3 amide bonds. The monoisotopic (exact) mass is 784 g/mol. The zero-order valence-corrected chi connectivity index (χ0v) is 32.6. The van der Waals surface area contributed by atoms with Crippen LogP contribution >= 0.6 is 23.1 Å². The topological polar surface area (TPSA) is 128 Å². The summed E-state index contributed by atoms with van der Waals surface area (Å²) in [4.78, 5) is 45.8. The molecule has 0 aliphatic heterocycles. The van der Waals surface area contributed by atoms with Crippen molar-refractivity contribution < 1.29 is 28.6 Å². The number of hydrogen-bond acceptors (Lipinski definition) is 9. The quantitative estimate of drug-likeness (QED) is 0.0655. The van der Waals surface area contributed by atoms with E-state index in [0.29, 0.717) is 57.9 Å². The Hall–Kier alpha value is -6.37. The molecule has 10 nitrogen and oxygen atoms in total. The lowest BCUT2D eigenvalue weighted by atomic mass is 10.1. The van der Waals surface area contributed by atoms with Gasteiger partial charge in [0.15, 0.2) is 16.6 Å². The second-order valence-corrected chi connectivity index (χ2v) is 14.4. The van der Waals surface area contributed by atoms with Gasteiger partial charge in [-0.15, -0.1) is 23.1 Å². The summed E-state index contributed by atoms with van der Waals surface area (Å²) in [6.07, 6.45) is 2.16. The van der Waals surface area contributed by atoms with E-state index >= 15 is 0 Å². The Kier molecular flexibility index (Phi) is 13.5. The van der Waals surface area contributed by atoms with Crippen LogP contribution in [0.2, 0.25) is 0 Å². The summed E-state index contributed by atoms with van der Waals surface area (Å²) in [5.74, 6) is 0.746. The minimum absolute atomic E-state index is 0.0524. The summed E-state index contributed by atoms with van der Waals surface area (Å²) in [7, 11) is 3.16. The third-order valence-electron chi connectivity index (χ3n) is 8.42. The van der Waals surface area contributed by atoms with Crippen molar-refractivity contribution in [2.24, 2.45) is 0 Å². The number of carbonyl (C=O) groups is 3. The molecule has 56 heavy (non-hydrogen) atoms. The fourth-order valence-electron chi connectivity index (χ4n) is 5.49. The van der Waals surface area contributed by atoms with Gasteiger partial charge in [0.1, 0.15) is 18.1 Å². The molecule has 0 aliphatic carbocycles. The van der Waals surface area contributed by atoms with Gasteiger partial charge in [-0.2, -0.15) is 0 Å². The molecule has 6 aromatic rings. The third kappa shape index (κ3) is 10.6. The van der Waals surface area contributed by atoms with Gasteiger partial charge in [0.05, 0.1) is 25.2 Å². The summed E-state index contributed by atoms with van der Waals surface area (Å²) in [5.41, 5.74) is 4.23. The van der Waals surface area contributed by atoms with Gasteiger partial charge >= 0.3 is 0 Å². The van der Waals surface area contributed by atoms with Gasteiger partial charge in [0.25, 0.3) is 11.8 Å². The number of anilines is 2. The molecule has 0 fully saturated rings. The van der Waals surface area contributed by atoms with Crippen molar-refractivity contribution in [3.8, 4) is 28.5 Å². The van der Waals surface area contributed by atoms with Crippen LogP contribution in [0.15, 0.2) is 143 Å². The first-order valence-electron chi connectivity index (χ1n) is 17.7. The van der Waals surface area contributed by atoms with Gasteiger partial charge in [-0.25, -0.2) is 4.98 Å². The number of methoxy groups -OCH3 is 2. The highest BCUT2D eigenvalue weighted by Crippen LogP contribution is 2.34. The number of rotatable bonds is 16. The first-order valence-corrected chi connectivity index (χ1v) is 19.5. The Morgan fingerprint density at radius 2 is 1.54 bits per heavy atom. The van der Waals surface area contributed by atoms with E-state index in [9.17, 15) is 14.4 Å². The molecular weight excluding hydrogens is 745 g/mol. The maximum Gasteiger partial charge on any atom is 0.272 e. The van der Waals surface area contributed by atoms with E-state index in [4.69, 9.17) is 14.2 Å². The predicted octanol–water partition coefficient (Wildman–Crippen LogP) is 9.33. The van der Waals surface area contributed by atoms with E-state index in [1.165, 1.54) is 23.1 Å². The molecule has 1 heterocycles. The van der Waals surface area contributed by atoms with Crippen LogP contribution in [0.25, 0.3) is 17.3 Å². The Bertz CT molecular complexity index is 2300. The maximum absolute atomic E-state index is 13.8. The van der Waals surface area contributed by atoms with E-state index in [0.717, 1.165) is 16.0 Å². The minimum atomic E-state index is -0.514. The SMILES string of the molecule is CCC(Sc1cccc(NC(=O)/C(=C/c2ccc(OCc3ccccc3)cc2)NC(=O)c2ccccc2)c1)C(=O)Nc1nc(-c2ccc(OC)c(OC)c2)cs1. The lowest BCUT2D eigenvalue weighted by Gasteiger charge is -2.15. The third-order valence-corrected chi connectivity index (χ3v) is 10.5. The Labute approximate surface area is 333 Å². The first-order chi connectivity index (χ1) is 27.3. The van der Waals surface area contributed by atoms with Gasteiger partial charge in [-0.3, -0.25) is 14.4 Å². The van der Waals surface area contributed by atoms with Crippen LogP contribution in [0.5, 0.6) is 17.2 Å². The highest BCUT2D eigenvalue weighted by Gasteiger charge is 2.21. The van der Waals surface area contributed by atoms with Gasteiger partial charge in [-0.1, -0.05) is 73.7 Å². The number of hydrogen-bond donors (Lipinski definition) is 3. The lowest BCUT2D eigenvalue weighted by molar-refractivity contribution is -0.116. The standard InChI is InChI=1S/C44H40N4O6S2/c1-4-40(43(51)48-44-47-37(28-55-44)32-20-23-38(52-2)39(25-32)53-3)56-35-17-11-16-33(26-35)45-42(50)36(46-41(49)31-14-9-6-10-15-31)24-29-18-21-34(22-19-29)54-27-30-12-7-5-8-13-30/h5-26,28,40H,4,27H2,1-3H3,(H,45,50)(H,46,49)(H,47,48,51)/b36-24-. The van der Waals surface area contributed by atoms with Crippen LogP contribution in [-0.2, 0) is 16.2 Å². The predicted molar refractivity (Wildman–Crippen MR) is 223 cm³/mol. The van der Waals surface area contributed by atoms with E-state index in [2.05, 4.69) is 20.9 Å². The van der Waals surface area contributed by atoms with Crippen LogP contribution in [0.1, 0.15) is 34.8 Å². The van der Waals surface area contributed by atoms with Crippen molar-refractivity contribution in [2.75, 3.05) is 24.9 Å². The number of aromatic nitrogens is 1. The lowest BCUT2D eigenvalue weighted by Crippen LogP contribution is -2.30. The van der Waals surface area contributed by atoms with Gasteiger partial charge < -0.3 is 30.2 Å². The zero-order valence-electron chi connectivity index (χ0n) is 31.0. The number of nitrogens with zero attached hydrogens (tertiary/aromatic N) is 1. The smallest absolute Gasteiger partial charge is 0.272 e. The number of amides is 3. The first kappa shape index (κ1) is 39.3. The molecule has 284 valence electrons. The molecule has 0 spiro atoms. The van der Waals surface area contributed by atoms with Crippen LogP contribution in [-0.4, -0.2) is 42.2 Å². The number of nitrogens with one attached hydrogen (secondary N) is 3. The highest BCUT2D eigenvalue weighted by atomic mass is 32.2. The summed E-state index contributed by atoms with van der Waals surface area (Å²) in [5, 5.41) is 10.6. The van der Waals surface area contributed by atoms with Crippen molar-refractivity contribution >= 4 is 57.7 Å². The average Bonchev–Trinajstić information content (AvgIpc) is 3.71. The van der Waals surface area contributed by atoms with Crippen LogP contribution in [0, 0.1) is 0 Å². The molecule has 0 radical (unpaired) electrons. The normalized spacial score (nSPS) is 11.6. The fraction of sp³-hybridized carbons (Fsp3) is 0.136. The molecule has 6 rings (SSSR count). The molecule has 0 saturated heterocycles. The van der Waals surface area contributed by atoms with Crippen LogP contribution < -0.4 is 30.2 Å². The van der Waals surface area contributed by atoms with E-state index in [-0.39, 0.29) is 11.6 Å². The number of carbonyl (C=O) groups excluding carboxylic acids is 3. The van der Waals surface area contributed by atoms with Gasteiger partial charge in [-0.05, 0) is 84.3 Å². The molecule has 0 bridgehead atoms. The molecule has 5 aromatic carbocycles. The minimum Gasteiger partial charge on any atom is -0.493 e. The number of thioether (sulfide) groups is 1. The Morgan fingerprint density at radius 1 is 0.804 bits per heavy atom. The Morgan fingerprint density at radius 3 is 2.25 bits per heavy atom. The highest BCUT2D eigenvalue weighted by molar-refractivity contribution is 8.00. The second-order valence-electron chi connectivity index (χ2n) is 12.3. The van der Waals surface area contributed by atoms with Crippen molar-refractivity contribution in [3.05, 3.63) is 155 Å². The Balaban J connectivity index is 1.12. The molecule has 1 atom stereocenters. The molecule has 3 N–H and O–H groups in total. The van der Waals surface area contributed by atoms with Crippen molar-refractivity contribution in [2.45, 2.75) is 30.1 Å². The largest absolute Gasteiger partial charge is 0.493 e. The summed E-state index contributed by atoms with van der Waals surface area (Å²) >= 11 is 2.71. The van der Waals surface area contributed by atoms with E-state index < -0.39 is 17.1 Å². The van der Waals surface area contributed by atoms with Crippen LogP contribution in [0.4, 0.5) is 10.8 Å². The summed E-state index contributed by atoms with van der Waals surface area (Å²) in [6, 6.07) is 38.6. The van der Waals surface area contributed by atoms with Crippen LogP contribution in [0.3, 0.4) is 0 Å².